The first kappa shape index (κ1) is 16.1. The largest absolute Gasteiger partial charge is 0.380 e. The summed E-state index contributed by atoms with van der Waals surface area (Å²) in [5.74, 6) is -1.23. The number of hydrogen-bond acceptors (Lipinski definition) is 3. The van der Waals surface area contributed by atoms with Gasteiger partial charge in [0.2, 0.25) is 0 Å². The van der Waals surface area contributed by atoms with Gasteiger partial charge in [0.05, 0.1) is 18.0 Å². The molecule has 0 radical (unpaired) electrons. The molecule has 6 heteroatoms. The number of halogens is 2. The van der Waals surface area contributed by atoms with Crippen LogP contribution in [0.3, 0.4) is 0 Å². The van der Waals surface area contributed by atoms with E-state index in [1.807, 2.05) is 0 Å². The van der Waals surface area contributed by atoms with Crippen LogP contribution in [0.5, 0.6) is 0 Å². The Morgan fingerprint density at radius 1 is 1.22 bits per heavy atom. The van der Waals surface area contributed by atoms with Crippen LogP contribution in [0.1, 0.15) is 36.9 Å². The third kappa shape index (κ3) is 3.76. The van der Waals surface area contributed by atoms with Gasteiger partial charge in [0.25, 0.3) is 0 Å². The van der Waals surface area contributed by atoms with Crippen molar-refractivity contribution in [3.05, 3.63) is 41.1 Å². The van der Waals surface area contributed by atoms with Gasteiger partial charge < -0.3 is 10.1 Å². The molecule has 3 rings (SSSR count). The van der Waals surface area contributed by atoms with Crippen molar-refractivity contribution in [1.82, 2.24) is 15.5 Å². The molecule has 1 fully saturated rings. The SMILES string of the molecule is COCc1c(-c2cc(F)cc(F)c2)n[nH]c1CNC1CCCC1. The summed E-state index contributed by atoms with van der Waals surface area (Å²) in [5.41, 5.74) is 2.69. The van der Waals surface area contributed by atoms with E-state index in [1.54, 1.807) is 7.11 Å². The topological polar surface area (TPSA) is 49.9 Å². The van der Waals surface area contributed by atoms with E-state index in [9.17, 15) is 8.78 Å². The third-order valence-corrected chi connectivity index (χ3v) is 4.30. The van der Waals surface area contributed by atoms with Crippen molar-refractivity contribution in [2.24, 2.45) is 0 Å². The number of aromatic nitrogens is 2. The number of rotatable bonds is 6. The summed E-state index contributed by atoms with van der Waals surface area (Å²) >= 11 is 0. The normalized spacial score (nSPS) is 15.4. The van der Waals surface area contributed by atoms with Gasteiger partial charge in [-0.05, 0) is 25.0 Å². The molecule has 1 saturated carbocycles. The lowest BCUT2D eigenvalue weighted by atomic mass is 10.1. The third-order valence-electron chi connectivity index (χ3n) is 4.30. The van der Waals surface area contributed by atoms with Crippen LogP contribution in [0.15, 0.2) is 18.2 Å². The molecule has 0 amide bonds. The average molecular weight is 321 g/mol. The average Bonchev–Trinajstić information content (AvgIpc) is 3.14. The highest BCUT2D eigenvalue weighted by molar-refractivity contribution is 5.64. The Hall–Kier alpha value is -1.79. The summed E-state index contributed by atoms with van der Waals surface area (Å²) in [6, 6.07) is 3.96. The zero-order chi connectivity index (χ0) is 16.2. The lowest BCUT2D eigenvalue weighted by Crippen LogP contribution is -2.26. The molecular weight excluding hydrogens is 300 g/mol. The molecule has 0 atom stereocenters. The molecular formula is C17H21F2N3O. The Morgan fingerprint density at radius 2 is 1.91 bits per heavy atom. The Kier molecular flexibility index (Phi) is 5.03. The monoisotopic (exact) mass is 321 g/mol. The Balaban J connectivity index is 1.85. The molecule has 1 aromatic carbocycles. The molecule has 4 nitrogen and oxygen atoms in total. The van der Waals surface area contributed by atoms with Gasteiger partial charge in [0.15, 0.2) is 0 Å². The molecule has 1 aliphatic rings. The predicted octanol–water partition coefficient (Wildman–Crippen LogP) is 3.53. The van der Waals surface area contributed by atoms with Crippen molar-refractivity contribution in [3.63, 3.8) is 0 Å². The minimum Gasteiger partial charge on any atom is -0.380 e. The van der Waals surface area contributed by atoms with Crippen molar-refractivity contribution in [3.8, 4) is 11.3 Å². The first-order chi connectivity index (χ1) is 11.2. The number of hydrogen-bond donors (Lipinski definition) is 2. The highest BCUT2D eigenvalue weighted by Gasteiger charge is 2.19. The van der Waals surface area contributed by atoms with E-state index < -0.39 is 11.6 Å². The van der Waals surface area contributed by atoms with Crippen LogP contribution in [-0.2, 0) is 17.9 Å². The van der Waals surface area contributed by atoms with Crippen LogP contribution in [0.4, 0.5) is 8.78 Å². The molecule has 2 N–H and O–H groups in total. The van der Waals surface area contributed by atoms with Gasteiger partial charge >= 0.3 is 0 Å². The van der Waals surface area contributed by atoms with E-state index in [0.29, 0.717) is 30.5 Å². The van der Waals surface area contributed by atoms with Crippen molar-refractivity contribution in [2.45, 2.75) is 44.9 Å². The highest BCUT2D eigenvalue weighted by Crippen LogP contribution is 2.27. The predicted molar refractivity (Wildman–Crippen MR) is 83.7 cm³/mol. The number of ether oxygens (including phenoxy) is 1. The van der Waals surface area contributed by atoms with E-state index in [4.69, 9.17) is 4.74 Å². The maximum Gasteiger partial charge on any atom is 0.126 e. The standard InChI is InChI=1S/C17H21F2N3O/c1-23-10-15-16(9-20-14-4-2-3-5-14)21-22-17(15)11-6-12(18)8-13(19)7-11/h6-8,14,20H,2-5,9-10H2,1H3,(H,21,22). The van der Waals surface area contributed by atoms with E-state index in [0.717, 1.165) is 17.3 Å². The first-order valence-electron chi connectivity index (χ1n) is 7.92. The lowest BCUT2D eigenvalue weighted by Gasteiger charge is -2.12. The summed E-state index contributed by atoms with van der Waals surface area (Å²) in [6.45, 7) is 0.986. The summed E-state index contributed by atoms with van der Waals surface area (Å²) in [7, 11) is 1.59. The minimum absolute atomic E-state index is 0.339. The van der Waals surface area contributed by atoms with Gasteiger partial charge in [-0.2, -0.15) is 5.10 Å². The summed E-state index contributed by atoms with van der Waals surface area (Å²) in [6.07, 6.45) is 4.91. The van der Waals surface area contributed by atoms with Gasteiger partial charge in [-0.15, -0.1) is 0 Å². The molecule has 2 aromatic rings. The van der Waals surface area contributed by atoms with Crippen molar-refractivity contribution in [1.29, 1.82) is 0 Å². The smallest absolute Gasteiger partial charge is 0.126 e. The van der Waals surface area contributed by atoms with E-state index in [1.165, 1.54) is 37.8 Å². The van der Waals surface area contributed by atoms with Crippen LogP contribution in [0.2, 0.25) is 0 Å². The van der Waals surface area contributed by atoms with E-state index >= 15 is 0 Å². The fourth-order valence-corrected chi connectivity index (χ4v) is 3.15. The molecule has 0 aliphatic heterocycles. The number of nitrogens with zero attached hydrogens (tertiary/aromatic N) is 1. The molecule has 23 heavy (non-hydrogen) atoms. The van der Waals surface area contributed by atoms with Crippen molar-refractivity contribution in [2.75, 3.05) is 7.11 Å². The molecule has 1 aliphatic carbocycles. The Bertz CT molecular complexity index is 646. The number of aromatic amines is 1. The fraction of sp³-hybridized carbons (Fsp3) is 0.471. The maximum absolute atomic E-state index is 13.5. The zero-order valence-electron chi connectivity index (χ0n) is 13.2. The van der Waals surface area contributed by atoms with Crippen molar-refractivity contribution < 1.29 is 13.5 Å². The Morgan fingerprint density at radius 3 is 2.57 bits per heavy atom. The highest BCUT2D eigenvalue weighted by atomic mass is 19.1. The summed E-state index contributed by atoms with van der Waals surface area (Å²) in [5, 5.41) is 10.7. The van der Waals surface area contributed by atoms with Crippen LogP contribution >= 0.6 is 0 Å². The second kappa shape index (κ2) is 7.19. The van der Waals surface area contributed by atoms with Gasteiger partial charge in [-0.25, -0.2) is 8.78 Å². The molecule has 0 unspecified atom stereocenters. The number of methoxy groups -OCH3 is 1. The van der Waals surface area contributed by atoms with Gasteiger partial charge in [-0.1, -0.05) is 12.8 Å². The lowest BCUT2D eigenvalue weighted by molar-refractivity contribution is 0.184. The number of H-pyrrole nitrogens is 1. The summed E-state index contributed by atoms with van der Waals surface area (Å²) < 4.78 is 32.2. The van der Waals surface area contributed by atoms with Crippen LogP contribution in [0.25, 0.3) is 11.3 Å². The summed E-state index contributed by atoms with van der Waals surface area (Å²) in [4.78, 5) is 0. The molecule has 124 valence electrons. The Labute approximate surface area is 134 Å². The van der Waals surface area contributed by atoms with Crippen LogP contribution < -0.4 is 5.32 Å². The molecule has 1 aromatic heterocycles. The molecule has 1 heterocycles. The number of benzene rings is 1. The first-order valence-corrected chi connectivity index (χ1v) is 7.92. The molecule has 0 bridgehead atoms. The van der Waals surface area contributed by atoms with Crippen LogP contribution in [0, 0.1) is 11.6 Å². The van der Waals surface area contributed by atoms with Crippen LogP contribution in [-0.4, -0.2) is 23.3 Å². The van der Waals surface area contributed by atoms with Gasteiger partial charge in [0, 0.05) is 36.9 Å². The fourth-order valence-electron chi connectivity index (χ4n) is 3.15. The maximum atomic E-state index is 13.5. The van der Waals surface area contributed by atoms with E-state index in [2.05, 4.69) is 15.5 Å². The second-order valence-corrected chi connectivity index (χ2v) is 5.98. The minimum atomic E-state index is -0.614. The zero-order valence-corrected chi connectivity index (χ0v) is 13.2. The van der Waals surface area contributed by atoms with E-state index in [-0.39, 0.29) is 0 Å². The van der Waals surface area contributed by atoms with Gasteiger partial charge in [0.1, 0.15) is 11.6 Å². The molecule has 0 saturated heterocycles. The quantitative estimate of drug-likeness (QED) is 0.856. The van der Waals surface area contributed by atoms with Crippen molar-refractivity contribution >= 4 is 0 Å². The van der Waals surface area contributed by atoms with Gasteiger partial charge in [-0.3, -0.25) is 5.10 Å². The second-order valence-electron chi connectivity index (χ2n) is 5.98. The molecule has 0 spiro atoms. The number of nitrogens with one attached hydrogen (secondary N) is 2.